The number of aliphatic hydroxyl groups excluding tert-OH is 1. The molecule has 0 unspecified atom stereocenters. The van der Waals surface area contributed by atoms with Crippen LogP contribution in [0.3, 0.4) is 0 Å². The van der Waals surface area contributed by atoms with Gasteiger partial charge in [0.1, 0.15) is 18.5 Å². The fraction of sp³-hybridized carbons (Fsp3) is 0.370. The van der Waals surface area contributed by atoms with Gasteiger partial charge in [-0.25, -0.2) is 9.78 Å². The van der Waals surface area contributed by atoms with Crippen LogP contribution in [0.2, 0.25) is 0 Å². The van der Waals surface area contributed by atoms with Gasteiger partial charge in [0.15, 0.2) is 11.2 Å². The molecular formula is C27H32N4O5. The van der Waals surface area contributed by atoms with E-state index in [1.54, 1.807) is 18.0 Å². The summed E-state index contributed by atoms with van der Waals surface area (Å²) in [6.45, 7) is 4.94. The molecule has 9 heteroatoms. The summed E-state index contributed by atoms with van der Waals surface area (Å²) < 4.78 is 15.1. The van der Waals surface area contributed by atoms with Gasteiger partial charge in [-0.1, -0.05) is 56.3 Å². The van der Waals surface area contributed by atoms with Crippen LogP contribution in [0.5, 0.6) is 5.75 Å². The largest absolute Gasteiger partial charge is 0.491 e. The quantitative estimate of drug-likeness (QED) is 0.346. The molecule has 0 bridgehead atoms. The number of rotatable bonds is 11. The molecule has 0 amide bonds. The van der Waals surface area contributed by atoms with Crippen molar-refractivity contribution in [1.29, 1.82) is 0 Å². The van der Waals surface area contributed by atoms with Gasteiger partial charge in [-0.2, -0.15) is 0 Å². The first kappa shape index (κ1) is 25.4. The zero-order chi connectivity index (χ0) is 25.7. The Hall–Kier alpha value is -3.69. The smallest absolute Gasteiger partial charge is 0.332 e. The van der Waals surface area contributed by atoms with Crippen LogP contribution in [-0.2, 0) is 24.4 Å². The lowest BCUT2D eigenvalue weighted by Gasteiger charge is -2.17. The molecule has 0 saturated heterocycles. The van der Waals surface area contributed by atoms with E-state index in [4.69, 9.17) is 9.47 Å². The van der Waals surface area contributed by atoms with Crippen molar-refractivity contribution >= 4 is 11.2 Å². The molecule has 2 aromatic carbocycles. The number of fused-ring (bicyclic) bond motifs is 1. The first-order valence-electron chi connectivity index (χ1n) is 12.0. The molecule has 4 rings (SSSR count). The topological polar surface area (TPSA) is 101 Å². The second kappa shape index (κ2) is 11.4. The third kappa shape index (κ3) is 5.58. The van der Waals surface area contributed by atoms with E-state index in [-0.39, 0.29) is 19.1 Å². The Balaban J connectivity index is 1.54. The average Bonchev–Trinajstić information content (AvgIpc) is 3.31. The normalized spacial score (nSPS) is 12.4. The predicted octanol–water partition coefficient (Wildman–Crippen LogP) is 2.77. The minimum absolute atomic E-state index is 0.0677. The number of nitrogens with zero attached hydrogens (tertiary/aromatic N) is 4. The maximum atomic E-state index is 13.3. The number of aliphatic hydroxyl groups is 1. The minimum atomic E-state index is -1.07. The van der Waals surface area contributed by atoms with Crippen molar-refractivity contribution in [1.82, 2.24) is 18.7 Å². The van der Waals surface area contributed by atoms with Gasteiger partial charge in [-0.3, -0.25) is 13.9 Å². The summed E-state index contributed by atoms with van der Waals surface area (Å²) in [4.78, 5) is 30.9. The molecule has 2 heterocycles. The van der Waals surface area contributed by atoms with E-state index in [1.165, 1.54) is 4.57 Å². The lowest BCUT2D eigenvalue weighted by Crippen LogP contribution is -2.44. The van der Waals surface area contributed by atoms with Crippen LogP contribution in [0.4, 0.5) is 0 Å². The molecule has 1 atom stereocenters. The number of methoxy groups -OCH3 is 1. The molecule has 36 heavy (non-hydrogen) atoms. The highest BCUT2D eigenvalue weighted by molar-refractivity contribution is 5.70. The van der Waals surface area contributed by atoms with E-state index in [0.29, 0.717) is 36.6 Å². The molecule has 190 valence electrons. The summed E-state index contributed by atoms with van der Waals surface area (Å²) >= 11 is 0. The Morgan fingerprint density at radius 1 is 0.944 bits per heavy atom. The number of hydrogen-bond donors (Lipinski definition) is 1. The zero-order valence-corrected chi connectivity index (χ0v) is 20.8. The molecule has 0 fully saturated rings. The van der Waals surface area contributed by atoms with E-state index in [2.05, 4.69) is 4.98 Å². The SMILES string of the molecule is COCCn1cnc2c1c(=O)n(C[C@H](O)COc1ccc(-c3ccccc3)cc1)c(=O)n2CC(C)C. The van der Waals surface area contributed by atoms with Crippen molar-refractivity contribution in [2.45, 2.75) is 39.6 Å². The summed E-state index contributed by atoms with van der Waals surface area (Å²) in [6, 6.07) is 17.5. The van der Waals surface area contributed by atoms with E-state index < -0.39 is 17.4 Å². The van der Waals surface area contributed by atoms with Crippen molar-refractivity contribution in [3.63, 3.8) is 0 Å². The van der Waals surface area contributed by atoms with Crippen LogP contribution in [-0.4, -0.2) is 50.2 Å². The van der Waals surface area contributed by atoms with Crippen molar-refractivity contribution in [2.75, 3.05) is 20.3 Å². The molecule has 0 aliphatic heterocycles. The molecule has 9 nitrogen and oxygen atoms in total. The summed E-state index contributed by atoms with van der Waals surface area (Å²) in [5, 5.41) is 10.7. The Morgan fingerprint density at radius 3 is 2.31 bits per heavy atom. The lowest BCUT2D eigenvalue weighted by molar-refractivity contribution is 0.0901. The molecule has 2 aromatic heterocycles. The van der Waals surface area contributed by atoms with E-state index >= 15 is 0 Å². The van der Waals surface area contributed by atoms with Crippen molar-refractivity contribution < 1.29 is 14.6 Å². The Labute approximate surface area is 209 Å². The Morgan fingerprint density at radius 2 is 1.64 bits per heavy atom. The van der Waals surface area contributed by atoms with Crippen LogP contribution in [0.25, 0.3) is 22.3 Å². The second-order valence-electron chi connectivity index (χ2n) is 9.16. The number of hydrogen-bond acceptors (Lipinski definition) is 6. The van der Waals surface area contributed by atoms with E-state index in [9.17, 15) is 14.7 Å². The van der Waals surface area contributed by atoms with Crippen molar-refractivity contribution in [2.24, 2.45) is 5.92 Å². The molecular weight excluding hydrogens is 460 g/mol. The highest BCUT2D eigenvalue weighted by Gasteiger charge is 2.20. The summed E-state index contributed by atoms with van der Waals surface area (Å²) in [6.07, 6.45) is 0.481. The average molecular weight is 493 g/mol. The third-order valence-corrected chi connectivity index (χ3v) is 5.86. The van der Waals surface area contributed by atoms with Crippen LogP contribution in [0.1, 0.15) is 13.8 Å². The lowest BCUT2D eigenvalue weighted by atomic mass is 10.1. The number of benzene rings is 2. The molecule has 0 spiro atoms. The first-order chi connectivity index (χ1) is 17.4. The van der Waals surface area contributed by atoms with E-state index in [0.717, 1.165) is 15.7 Å². The third-order valence-electron chi connectivity index (χ3n) is 5.86. The maximum absolute atomic E-state index is 13.3. The zero-order valence-electron chi connectivity index (χ0n) is 20.8. The standard InChI is InChI=1S/C27H32N4O5/c1-19(2)15-30-25-24(29(18-28-25)13-14-35-3)26(33)31(27(30)34)16-22(32)17-36-23-11-9-21(10-12-23)20-7-5-4-6-8-20/h4-12,18-19,22,32H,13-17H2,1-3H3/t22-/m0/s1. The highest BCUT2D eigenvalue weighted by atomic mass is 16.5. The van der Waals surface area contributed by atoms with Crippen LogP contribution < -0.4 is 16.0 Å². The summed E-state index contributed by atoms with van der Waals surface area (Å²) in [7, 11) is 1.58. The van der Waals surface area contributed by atoms with Gasteiger partial charge in [0.05, 0.1) is 19.5 Å². The van der Waals surface area contributed by atoms with Crippen molar-refractivity contribution in [3.8, 4) is 16.9 Å². The van der Waals surface area contributed by atoms with Gasteiger partial charge in [0.25, 0.3) is 5.56 Å². The molecule has 1 N–H and O–H groups in total. The fourth-order valence-corrected chi connectivity index (χ4v) is 4.12. The monoisotopic (exact) mass is 492 g/mol. The molecule has 0 aliphatic carbocycles. The summed E-state index contributed by atoms with van der Waals surface area (Å²) in [5.74, 6) is 0.750. The fourth-order valence-electron chi connectivity index (χ4n) is 4.12. The summed E-state index contributed by atoms with van der Waals surface area (Å²) in [5.41, 5.74) is 1.83. The van der Waals surface area contributed by atoms with Gasteiger partial charge < -0.3 is 19.1 Å². The van der Waals surface area contributed by atoms with Gasteiger partial charge in [-0.05, 0) is 29.2 Å². The molecule has 0 saturated carbocycles. The number of aromatic nitrogens is 4. The van der Waals surface area contributed by atoms with Crippen molar-refractivity contribution in [3.05, 3.63) is 81.8 Å². The van der Waals surface area contributed by atoms with Crippen LogP contribution >= 0.6 is 0 Å². The van der Waals surface area contributed by atoms with Gasteiger partial charge >= 0.3 is 5.69 Å². The molecule has 4 aromatic rings. The Kier molecular flexibility index (Phi) is 8.02. The minimum Gasteiger partial charge on any atom is -0.491 e. The van der Waals surface area contributed by atoms with Gasteiger partial charge in [0.2, 0.25) is 0 Å². The van der Waals surface area contributed by atoms with Gasteiger partial charge in [-0.15, -0.1) is 0 Å². The first-order valence-corrected chi connectivity index (χ1v) is 12.0. The second-order valence-corrected chi connectivity index (χ2v) is 9.16. The molecule has 0 radical (unpaired) electrons. The number of imidazole rings is 1. The van der Waals surface area contributed by atoms with Crippen LogP contribution in [0, 0.1) is 5.92 Å². The van der Waals surface area contributed by atoms with Crippen LogP contribution in [0.15, 0.2) is 70.5 Å². The molecule has 0 aliphatic rings. The maximum Gasteiger partial charge on any atom is 0.332 e. The van der Waals surface area contributed by atoms with E-state index in [1.807, 2.05) is 68.4 Å². The Bertz CT molecular complexity index is 1400. The van der Waals surface area contributed by atoms with Gasteiger partial charge in [0, 0.05) is 20.2 Å². The predicted molar refractivity (Wildman–Crippen MR) is 138 cm³/mol. The number of ether oxygens (including phenoxy) is 2. The highest BCUT2D eigenvalue weighted by Crippen LogP contribution is 2.22.